The third-order valence-electron chi connectivity index (χ3n) is 3.71. The minimum absolute atomic E-state index is 0.0648. The monoisotopic (exact) mass is 254 g/mol. The number of carbonyl (C=O) groups excluding carboxylic acids is 2. The fourth-order valence-corrected chi connectivity index (χ4v) is 2.84. The van der Waals surface area contributed by atoms with Gasteiger partial charge in [0, 0.05) is 19.0 Å². The Bertz CT molecular complexity index is 319. The molecular weight excluding hydrogens is 232 g/mol. The number of ketones is 1. The van der Waals surface area contributed by atoms with Crippen LogP contribution in [0.1, 0.15) is 39.0 Å². The topological polar surface area (TPSA) is 58.6 Å². The molecule has 1 amide bonds. The molecule has 2 aliphatic rings. The van der Waals surface area contributed by atoms with Gasteiger partial charge in [-0.05, 0) is 26.3 Å². The molecule has 2 fully saturated rings. The molecule has 2 saturated heterocycles. The molecule has 0 aliphatic carbocycles. The fourth-order valence-electron chi connectivity index (χ4n) is 2.84. The third-order valence-corrected chi connectivity index (χ3v) is 3.71. The highest BCUT2D eigenvalue weighted by molar-refractivity contribution is 5.76. The van der Waals surface area contributed by atoms with Crippen LogP contribution >= 0.6 is 0 Å². The van der Waals surface area contributed by atoms with Crippen LogP contribution in [-0.2, 0) is 9.53 Å². The van der Waals surface area contributed by atoms with Crippen LogP contribution in [0.15, 0.2) is 0 Å². The van der Waals surface area contributed by atoms with E-state index in [9.17, 15) is 9.59 Å². The third kappa shape index (κ3) is 3.70. The summed E-state index contributed by atoms with van der Waals surface area (Å²) in [4.78, 5) is 24.7. The molecule has 18 heavy (non-hydrogen) atoms. The van der Waals surface area contributed by atoms with E-state index in [2.05, 4.69) is 10.2 Å². The SMILES string of the molecule is CC(=O)CC1CCCCCN1CC1CNC(=O)O1. The lowest BCUT2D eigenvalue weighted by molar-refractivity contribution is -0.118. The lowest BCUT2D eigenvalue weighted by Gasteiger charge is -2.30. The van der Waals surface area contributed by atoms with Gasteiger partial charge in [0.05, 0.1) is 6.54 Å². The minimum atomic E-state index is -0.321. The van der Waals surface area contributed by atoms with E-state index in [1.807, 2.05) is 0 Å². The number of rotatable bonds is 4. The number of nitrogens with one attached hydrogen (secondary N) is 1. The molecule has 0 aromatic rings. The van der Waals surface area contributed by atoms with Crippen molar-refractivity contribution < 1.29 is 14.3 Å². The van der Waals surface area contributed by atoms with Gasteiger partial charge in [-0.1, -0.05) is 12.8 Å². The Morgan fingerprint density at radius 3 is 2.94 bits per heavy atom. The number of cyclic esters (lactones) is 1. The molecule has 0 bridgehead atoms. The molecule has 2 heterocycles. The average molecular weight is 254 g/mol. The number of hydrogen-bond donors (Lipinski definition) is 1. The van der Waals surface area contributed by atoms with E-state index in [0.29, 0.717) is 19.0 Å². The van der Waals surface area contributed by atoms with Gasteiger partial charge >= 0.3 is 6.09 Å². The predicted molar refractivity (Wildman–Crippen MR) is 67.4 cm³/mol. The number of Topliss-reactive ketones (excluding diaryl/α,β-unsaturated/α-hetero) is 1. The zero-order valence-corrected chi connectivity index (χ0v) is 11.0. The molecule has 2 unspecified atom stereocenters. The van der Waals surface area contributed by atoms with E-state index in [0.717, 1.165) is 19.5 Å². The molecule has 5 nitrogen and oxygen atoms in total. The van der Waals surface area contributed by atoms with Crippen LogP contribution in [0, 0.1) is 0 Å². The molecule has 1 N–H and O–H groups in total. The Morgan fingerprint density at radius 2 is 2.28 bits per heavy atom. The first kappa shape index (κ1) is 13.3. The van der Waals surface area contributed by atoms with Crippen molar-refractivity contribution in [2.24, 2.45) is 0 Å². The van der Waals surface area contributed by atoms with Crippen LogP contribution in [-0.4, -0.2) is 48.6 Å². The van der Waals surface area contributed by atoms with E-state index in [-0.39, 0.29) is 18.0 Å². The zero-order valence-electron chi connectivity index (χ0n) is 11.0. The van der Waals surface area contributed by atoms with Gasteiger partial charge in [0.25, 0.3) is 0 Å². The molecule has 0 aromatic heterocycles. The van der Waals surface area contributed by atoms with Gasteiger partial charge in [-0.2, -0.15) is 0 Å². The maximum Gasteiger partial charge on any atom is 0.407 e. The second-order valence-corrected chi connectivity index (χ2v) is 5.31. The maximum absolute atomic E-state index is 11.3. The normalized spacial score (nSPS) is 29.5. The Balaban J connectivity index is 1.92. The van der Waals surface area contributed by atoms with E-state index in [1.54, 1.807) is 6.92 Å². The minimum Gasteiger partial charge on any atom is -0.443 e. The number of ether oxygens (including phenoxy) is 1. The average Bonchev–Trinajstić information content (AvgIpc) is 2.58. The molecule has 2 rings (SSSR count). The summed E-state index contributed by atoms with van der Waals surface area (Å²) in [7, 11) is 0. The first-order valence-corrected chi connectivity index (χ1v) is 6.83. The number of hydrogen-bond acceptors (Lipinski definition) is 4. The van der Waals surface area contributed by atoms with Crippen molar-refractivity contribution in [3.05, 3.63) is 0 Å². The van der Waals surface area contributed by atoms with Crippen molar-refractivity contribution in [2.45, 2.75) is 51.2 Å². The van der Waals surface area contributed by atoms with Gasteiger partial charge in [-0.15, -0.1) is 0 Å². The summed E-state index contributed by atoms with van der Waals surface area (Å²) in [6.07, 6.45) is 4.90. The molecule has 102 valence electrons. The van der Waals surface area contributed by atoms with Crippen molar-refractivity contribution in [3.8, 4) is 0 Å². The van der Waals surface area contributed by atoms with Crippen LogP contribution < -0.4 is 5.32 Å². The maximum atomic E-state index is 11.3. The summed E-state index contributed by atoms with van der Waals surface area (Å²) in [6.45, 7) is 3.99. The molecule has 0 aromatic carbocycles. The standard InChI is InChI=1S/C13H22N2O3/c1-10(16)7-11-5-3-2-4-6-15(11)9-12-8-14-13(17)18-12/h11-12H,2-9H2,1H3,(H,14,17). The largest absolute Gasteiger partial charge is 0.443 e. The smallest absolute Gasteiger partial charge is 0.407 e. The number of amides is 1. The second-order valence-electron chi connectivity index (χ2n) is 5.31. The highest BCUT2D eigenvalue weighted by Gasteiger charge is 2.29. The highest BCUT2D eigenvalue weighted by Crippen LogP contribution is 2.20. The summed E-state index contributed by atoms with van der Waals surface area (Å²) < 4.78 is 5.18. The summed E-state index contributed by atoms with van der Waals surface area (Å²) in [6, 6.07) is 0.323. The van der Waals surface area contributed by atoms with Crippen molar-refractivity contribution in [3.63, 3.8) is 0 Å². The summed E-state index contributed by atoms with van der Waals surface area (Å²) >= 11 is 0. The number of carbonyl (C=O) groups is 2. The highest BCUT2D eigenvalue weighted by atomic mass is 16.6. The molecule has 5 heteroatoms. The number of alkyl carbamates (subject to hydrolysis) is 1. The van der Waals surface area contributed by atoms with Gasteiger partial charge in [-0.25, -0.2) is 4.79 Å². The number of likely N-dealkylation sites (tertiary alicyclic amines) is 1. The Hall–Kier alpha value is -1.10. The Labute approximate surface area is 108 Å². The van der Waals surface area contributed by atoms with Gasteiger partial charge in [0.2, 0.25) is 0 Å². The Morgan fingerprint density at radius 1 is 1.44 bits per heavy atom. The zero-order chi connectivity index (χ0) is 13.0. The van der Waals surface area contributed by atoms with E-state index in [4.69, 9.17) is 4.74 Å². The predicted octanol–water partition coefficient (Wildman–Crippen LogP) is 1.32. The van der Waals surface area contributed by atoms with Gasteiger partial charge in [0.15, 0.2) is 0 Å². The summed E-state index contributed by atoms with van der Waals surface area (Å²) in [5.74, 6) is 0.244. The lowest BCUT2D eigenvalue weighted by Crippen LogP contribution is -2.42. The van der Waals surface area contributed by atoms with Crippen LogP contribution in [0.2, 0.25) is 0 Å². The van der Waals surface area contributed by atoms with Gasteiger partial charge < -0.3 is 10.1 Å². The first-order chi connectivity index (χ1) is 8.65. The fraction of sp³-hybridized carbons (Fsp3) is 0.846. The molecule has 0 saturated carbocycles. The molecule has 0 radical (unpaired) electrons. The Kier molecular flexibility index (Phi) is 4.58. The molecule has 2 aliphatic heterocycles. The number of nitrogens with zero attached hydrogens (tertiary/aromatic N) is 1. The van der Waals surface area contributed by atoms with Crippen molar-refractivity contribution in [2.75, 3.05) is 19.6 Å². The van der Waals surface area contributed by atoms with E-state index >= 15 is 0 Å². The quantitative estimate of drug-likeness (QED) is 0.822. The first-order valence-electron chi connectivity index (χ1n) is 6.83. The van der Waals surface area contributed by atoms with Gasteiger partial charge in [0.1, 0.15) is 11.9 Å². The molecular formula is C13H22N2O3. The molecule has 0 spiro atoms. The lowest BCUT2D eigenvalue weighted by atomic mass is 10.0. The molecule has 2 atom stereocenters. The van der Waals surface area contributed by atoms with Crippen LogP contribution in [0.5, 0.6) is 0 Å². The van der Waals surface area contributed by atoms with Crippen LogP contribution in [0.3, 0.4) is 0 Å². The van der Waals surface area contributed by atoms with E-state index in [1.165, 1.54) is 19.3 Å². The van der Waals surface area contributed by atoms with Crippen LogP contribution in [0.25, 0.3) is 0 Å². The second kappa shape index (κ2) is 6.18. The van der Waals surface area contributed by atoms with Crippen molar-refractivity contribution in [1.29, 1.82) is 0 Å². The van der Waals surface area contributed by atoms with Crippen molar-refractivity contribution >= 4 is 11.9 Å². The van der Waals surface area contributed by atoms with Crippen LogP contribution in [0.4, 0.5) is 4.79 Å². The summed E-state index contributed by atoms with van der Waals surface area (Å²) in [5.41, 5.74) is 0. The van der Waals surface area contributed by atoms with Gasteiger partial charge in [-0.3, -0.25) is 9.69 Å². The van der Waals surface area contributed by atoms with E-state index < -0.39 is 0 Å². The summed E-state index contributed by atoms with van der Waals surface area (Å²) in [5, 5.41) is 2.68. The van der Waals surface area contributed by atoms with Crippen molar-refractivity contribution in [1.82, 2.24) is 10.2 Å².